The molecule has 0 N–H and O–H groups in total. The second-order valence-electron chi connectivity index (χ2n) is 7.24. The SMILES string of the molecule is COCc1cn(C2CC3CCC(C2)N3C(=O)Cc2ccc(Cl)cc2)nn1. The zero-order valence-electron chi connectivity index (χ0n) is 14.8. The zero-order valence-corrected chi connectivity index (χ0v) is 15.6. The second kappa shape index (κ2) is 7.37. The van der Waals surface area contributed by atoms with Gasteiger partial charge in [-0.1, -0.05) is 28.9 Å². The fraction of sp³-hybridized carbons (Fsp3) is 0.526. The van der Waals surface area contributed by atoms with E-state index in [-0.39, 0.29) is 5.91 Å². The normalized spacial score (nSPS) is 24.8. The summed E-state index contributed by atoms with van der Waals surface area (Å²) in [5.41, 5.74) is 1.86. The Balaban J connectivity index is 1.42. The van der Waals surface area contributed by atoms with Crippen LogP contribution in [0.3, 0.4) is 0 Å². The van der Waals surface area contributed by atoms with Gasteiger partial charge in [0.15, 0.2) is 0 Å². The number of aromatic nitrogens is 3. The van der Waals surface area contributed by atoms with E-state index in [0.717, 1.165) is 36.9 Å². The van der Waals surface area contributed by atoms with Crippen LogP contribution in [0.4, 0.5) is 0 Å². The van der Waals surface area contributed by atoms with Gasteiger partial charge in [0.2, 0.25) is 5.91 Å². The van der Waals surface area contributed by atoms with Crippen LogP contribution in [-0.4, -0.2) is 45.0 Å². The highest BCUT2D eigenvalue weighted by atomic mass is 35.5. The van der Waals surface area contributed by atoms with E-state index in [0.29, 0.717) is 36.2 Å². The van der Waals surface area contributed by atoms with Crippen molar-refractivity contribution in [3.05, 3.63) is 46.7 Å². The molecule has 2 fully saturated rings. The van der Waals surface area contributed by atoms with Gasteiger partial charge in [0.1, 0.15) is 5.69 Å². The van der Waals surface area contributed by atoms with E-state index in [4.69, 9.17) is 16.3 Å². The molecule has 0 radical (unpaired) electrons. The van der Waals surface area contributed by atoms with Crippen LogP contribution in [0.15, 0.2) is 30.5 Å². The number of hydrogen-bond acceptors (Lipinski definition) is 4. The van der Waals surface area contributed by atoms with Crippen LogP contribution in [0.5, 0.6) is 0 Å². The lowest BCUT2D eigenvalue weighted by molar-refractivity contribution is -0.135. The maximum Gasteiger partial charge on any atom is 0.227 e. The van der Waals surface area contributed by atoms with Gasteiger partial charge in [-0.25, -0.2) is 4.68 Å². The second-order valence-corrected chi connectivity index (χ2v) is 7.67. The van der Waals surface area contributed by atoms with Crippen molar-refractivity contribution < 1.29 is 9.53 Å². The molecule has 0 spiro atoms. The van der Waals surface area contributed by atoms with E-state index in [9.17, 15) is 4.79 Å². The van der Waals surface area contributed by atoms with Crippen molar-refractivity contribution in [3.63, 3.8) is 0 Å². The van der Waals surface area contributed by atoms with Crippen molar-refractivity contribution in [2.45, 2.75) is 56.8 Å². The molecule has 2 aliphatic heterocycles. The van der Waals surface area contributed by atoms with Gasteiger partial charge in [0, 0.05) is 24.2 Å². The van der Waals surface area contributed by atoms with Crippen LogP contribution in [0.25, 0.3) is 0 Å². The summed E-state index contributed by atoms with van der Waals surface area (Å²) in [5.74, 6) is 0.219. The zero-order chi connectivity index (χ0) is 18.1. The number of halogens is 1. The third-order valence-electron chi connectivity index (χ3n) is 5.49. The van der Waals surface area contributed by atoms with Crippen LogP contribution in [-0.2, 0) is 22.6 Å². The van der Waals surface area contributed by atoms with Gasteiger partial charge in [-0.3, -0.25) is 4.79 Å². The fourth-order valence-electron chi connectivity index (χ4n) is 4.35. The summed E-state index contributed by atoms with van der Waals surface area (Å²) in [5, 5.41) is 9.13. The van der Waals surface area contributed by atoms with E-state index in [1.807, 2.05) is 35.1 Å². The van der Waals surface area contributed by atoms with Crippen LogP contribution >= 0.6 is 11.6 Å². The number of fused-ring (bicyclic) bond motifs is 2. The van der Waals surface area contributed by atoms with Crippen LogP contribution in [0, 0.1) is 0 Å². The number of rotatable bonds is 5. The number of hydrogen-bond donors (Lipinski definition) is 0. The molecule has 0 saturated carbocycles. The maximum atomic E-state index is 12.9. The highest BCUT2D eigenvalue weighted by Gasteiger charge is 2.43. The summed E-state index contributed by atoms with van der Waals surface area (Å²) in [4.78, 5) is 15.0. The first kappa shape index (κ1) is 17.5. The van der Waals surface area contributed by atoms with Crippen molar-refractivity contribution in [2.24, 2.45) is 0 Å². The molecule has 1 aromatic heterocycles. The molecule has 4 rings (SSSR count). The Labute approximate surface area is 158 Å². The summed E-state index contributed by atoms with van der Waals surface area (Å²) in [7, 11) is 1.66. The number of methoxy groups -OCH3 is 1. The van der Waals surface area contributed by atoms with Gasteiger partial charge < -0.3 is 9.64 Å². The summed E-state index contributed by atoms with van der Waals surface area (Å²) >= 11 is 5.93. The minimum Gasteiger partial charge on any atom is -0.378 e. The van der Waals surface area contributed by atoms with Crippen LogP contribution in [0.1, 0.15) is 43.0 Å². The van der Waals surface area contributed by atoms with Crippen LogP contribution < -0.4 is 0 Å². The molecule has 2 unspecified atom stereocenters. The van der Waals surface area contributed by atoms with Crippen LogP contribution in [0.2, 0.25) is 5.02 Å². The van der Waals surface area contributed by atoms with E-state index in [2.05, 4.69) is 15.2 Å². The van der Waals surface area contributed by atoms with E-state index in [1.54, 1.807) is 7.11 Å². The molecule has 2 bridgehead atoms. The molecule has 7 heteroatoms. The van der Waals surface area contributed by atoms with Crippen molar-refractivity contribution in [1.82, 2.24) is 19.9 Å². The number of carbonyl (C=O) groups excluding carboxylic acids is 1. The molecule has 2 aromatic rings. The monoisotopic (exact) mass is 374 g/mol. The summed E-state index contributed by atoms with van der Waals surface area (Å²) in [6.45, 7) is 0.477. The lowest BCUT2D eigenvalue weighted by Gasteiger charge is -2.39. The average Bonchev–Trinajstić information content (AvgIpc) is 3.20. The maximum absolute atomic E-state index is 12.9. The molecule has 2 atom stereocenters. The molecule has 138 valence electrons. The largest absolute Gasteiger partial charge is 0.378 e. The Bertz CT molecular complexity index is 762. The predicted octanol–water partition coefficient (Wildman–Crippen LogP) is 3.02. The number of piperidine rings is 1. The Kier molecular flexibility index (Phi) is 4.96. The lowest BCUT2D eigenvalue weighted by atomic mass is 9.96. The van der Waals surface area contributed by atoms with Gasteiger partial charge in [0.25, 0.3) is 0 Å². The first-order chi connectivity index (χ1) is 12.6. The Hall–Kier alpha value is -1.92. The molecule has 1 amide bonds. The van der Waals surface area contributed by atoms with Crippen molar-refractivity contribution in [1.29, 1.82) is 0 Å². The number of nitrogens with zero attached hydrogens (tertiary/aromatic N) is 4. The molecule has 6 nitrogen and oxygen atoms in total. The molecular weight excluding hydrogens is 352 g/mol. The standard InChI is InChI=1S/C19H23ClN4O2/c1-26-12-15-11-23(22-21-15)18-9-16-6-7-17(10-18)24(16)19(25)8-13-2-4-14(20)5-3-13/h2-5,11,16-18H,6-10,12H2,1H3. The predicted molar refractivity (Wildman–Crippen MR) is 97.8 cm³/mol. The van der Waals surface area contributed by atoms with Gasteiger partial charge in [-0.15, -0.1) is 5.10 Å². The first-order valence-corrected chi connectivity index (χ1v) is 9.47. The Morgan fingerprint density at radius 1 is 1.19 bits per heavy atom. The highest BCUT2D eigenvalue weighted by molar-refractivity contribution is 6.30. The molecule has 1 aromatic carbocycles. The van der Waals surface area contributed by atoms with E-state index in [1.165, 1.54) is 0 Å². The fourth-order valence-corrected chi connectivity index (χ4v) is 4.47. The molecular formula is C19H23ClN4O2. The number of amides is 1. The molecule has 2 aliphatic rings. The molecule has 3 heterocycles. The third kappa shape index (κ3) is 3.48. The minimum atomic E-state index is 0.219. The Morgan fingerprint density at radius 2 is 1.88 bits per heavy atom. The number of ether oxygens (including phenoxy) is 1. The number of carbonyl (C=O) groups is 1. The van der Waals surface area contributed by atoms with E-state index >= 15 is 0 Å². The van der Waals surface area contributed by atoms with Crippen molar-refractivity contribution >= 4 is 17.5 Å². The molecule has 0 aliphatic carbocycles. The quantitative estimate of drug-likeness (QED) is 0.807. The van der Waals surface area contributed by atoms with Gasteiger partial charge in [-0.05, 0) is 43.4 Å². The van der Waals surface area contributed by atoms with Crippen molar-refractivity contribution in [2.75, 3.05) is 7.11 Å². The minimum absolute atomic E-state index is 0.219. The summed E-state index contributed by atoms with van der Waals surface area (Å²) in [6, 6.07) is 8.46. The van der Waals surface area contributed by atoms with Gasteiger partial charge in [-0.2, -0.15) is 0 Å². The lowest BCUT2D eigenvalue weighted by Crippen LogP contribution is -2.47. The Morgan fingerprint density at radius 3 is 2.54 bits per heavy atom. The molecule has 2 saturated heterocycles. The summed E-state index contributed by atoms with van der Waals surface area (Å²) in [6.07, 6.45) is 6.45. The third-order valence-corrected chi connectivity index (χ3v) is 5.74. The molecule has 26 heavy (non-hydrogen) atoms. The highest BCUT2D eigenvalue weighted by Crippen LogP contribution is 2.40. The summed E-state index contributed by atoms with van der Waals surface area (Å²) < 4.78 is 7.08. The first-order valence-electron chi connectivity index (χ1n) is 9.09. The topological polar surface area (TPSA) is 60.2 Å². The number of benzene rings is 1. The van der Waals surface area contributed by atoms with E-state index < -0.39 is 0 Å². The smallest absolute Gasteiger partial charge is 0.227 e. The average molecular weight is 375 g/mol. The van der Waals surface area contributed by atoms with Gasteiger partial charge in [0.05, 0.1) is 25.3 Å². The van der Waals surface area contributed by atoms with Crippen molar-refractivity contribution in [3.8, 4) is 0 Å². The van der Waals surface area contributed by atoms with Gasteiger partial charge >= 0.3 is 0 Å².